The summed E-state index contributed by atoms with van der Waals surface area (Å²) in [6.45, 7) is 6.64. The summed E-state index contributed by atoms with van der Waals surface area (Å²) in [5.41, 5.74) is 2.69. The van der Waals surface area contributed by atoms with E-state index in [1.54, 1.807) is 19.1 Å². The normalized spacial score (nSPS) is 12.3. The lowest BCUT2D eigenvalue weighted by atomic mass is 10.1. The monoisotopic (exact) mass is 432 g/mol. The van der Waals surface area contributed by atoms with Crippen LogP contribution < -0.4 is 14.4 Å². The fraction of sp³-hybridized carbons (Fsp3) is 0.435. The summed E-state index contributed by atoms with van der Waals surface area (Å²) in [7, 11) is -3.61. The van der Waals surface area contributed by atoms with Gasteiger partial charge in [-0.25, -0.2) is 8.42 Å². The number of aryl methyl sites for hydroxylation is 2. The second kappa shape index (κ2) is 11.0. The Hall–Kier alpha value is -2.54. The van der Waals surface area contributed by atoms with Crippen molar-refractivity contribution in [3.8, 4) is 5.75 Å². The molecule has 1 atom stereocenters. The standard InChI is InChI=1S/C23H32N2O4S/c1-5-19-13-15-21(16-14-19)25(30(4,27)28)18(3)23(26)24-17-9-11-20-10-7-8-12-22(20)29-6-2/h7-8,10,12-16,18H,5-6,9,11,17H2,1-4H3,(H,24,26)/t18-/m0/s1. The minimum absolute atomic E-state index is 0.321. The molecule has 2 aromatic rings. The zero-order chi connectivity index (χ0) is 22.1. The summed E-state index contributed by atoms with van der Waals surface area (Å²) in [6.07, 6.45) is 3.47. The number of anilines is 1. The number of sulfonamides is 1. The zero-order valence-electron chi connectivity index (χ0n) is 18.2. The van der Waals surface area contributed by atoms with Crippen molar-refractivity contribution in [1.82, 2.24) is 5.32 Å². The first-order chi connectivity index (χ1) is 14.3. The predicted molar refractivity (Wildman–Crippen MR) is 122 cm³/mol. The molecular weight excluding hydrogens is 400 g/mol. The van der Waals surface area contributed by atoms with Gasteiger partial charge >= 0.3 is 0 Å². The molecule has 0 bridgehead atoms. The Morgan fingerprint density at radius 3 is 2.37 bits per heavy atom. The molecule has 0 heterocycles. The van der Waals surface area contributed by atoms with E-state index in [0.717, 1.165) is 42.4 Å². The van der Waals surface area contributed by atoms with E-state index in [9.17, 15) is 13.2 Å². The minimum Gasteiger partial charge on any atom is -0.494 e. The Labute approximate surface area is 180 Å². The van der Waals surface area contributed by atoms with Crippen LogP contribution in [0.1, 0.15) is 38.3 Å². The Morgan fingerprint density at radius 1 is 1.10 bits per heavy atom. The highest BCUT2D eigenvalue weighted by molar-refractivity contribution is 7.92. The second-order valence-electron chi connectivity index (χ2n) is 7.19. The molecule has 0 aliphatic heterocycles. The molecule has 2 rings (SSSR count). The third kappa shape index (κ3) is 6.49. The first-order valence-electron chi connectivity index (χ1n) is 10.3. The number of amides is 1. The van der Waals surface area contributed by atoms with Crippen molar-refractivity contribution >= 4 is 21.6 Å². The Bertz CT molecular complexity index is 926. The van der Waals surface area contributed by atoms with Gasteiger partial charge in [-0.2, -0.15) is 0 Å². The molecule has 6 nitrogen and oxygen atoms in total. The summed E-state index contributed by atoms with van der Waals surface area (Å²) in [4.78, 5) is 12.7. The van der Waals surface area contributed by atoms with Gasteiger partial charge in [0.15, 0.2) is 0 Å². The first-order valence-corrected chi connectivity index (χ1v) is 12.2. The molecular formula is C23H32N2O4S. The van der Waals surface area contributed by atoms with Crippen LogP contribution in [-0.4, -0.2) is 39.8 Å². The highest BCUT2D eigenvalue weighted by atomic mass is 32.2. The van der Waals surface area contributed by atoms with E-state index in [2.05, 4.69) is 5.32 Å². The summed E-state index contributed by atoms with van der Waals surface area (Å²) in [5, 5.41) is 2.86. The van der Waals surface area contributed by atoms with Crippen molar-refractivity contribution in [2.45, 2.75) is 46.1 Å². The number of para-hydroxylation sites is 1. The van der Waals surface area contributed by atoms with Crippen LogP contribution in [-0.2, 0) is 27.7 Å². The van der Waals surface area contributed by atoms with E-state index in [0.29, 0.717) is 18.8 Å². The molecule has 0 spiro atoms. The van der Waals surface area contributed by atoms with E-state index < -0.39 is 16.1 Å². The van der Waals surface area contributed by atoms with Crippen molar-refractivity contribution in [3.05, 3.63) is 59.7 Å². The smallest absolute Gasteiger partial charge is 0.243 e. The molecule has 164 valence electrons. The van der Waals surface area contributed by atoms with Crippen LogP contribution in [0.2, 0.25) is 0 Å². The molecule has 0 radical (unpaired) electrons. The van der Waals surface area contributed by atoms with Gasteiger partial charge < -0.3 is 10.1 Å². The Balaban J connectivity index is 1.98. The van der Waals surface area contributed by atoms with Crippen LogP contribution in [0, 0.1) is 0 Å². The lowest BCUT2D eigenvalue weighted by molar-refractivity contribution is -0.121. The maximum atomic E-state index is 12.7. The lowest BCUT2D eigenvalue weighted by Crippen LogP contribution is -2.48. The zero-order valence-corrected chi connectivity index (χ0v) is 19.0. The number of nitrogens with zero attached hydrogens (tertiary/aromatic N) is 1. The number of carbonyl (C=O) groups is 1. The molecule has 0 aliphatic carbocycles. The van der Waals surface area contributed by atoms with Crippen molar-refractivity contribution in [1.29, 1.82) is 0 Å². The van der Waals surface area contributed by atoms with E-state index >= 15 is 0 Å². The number of nitrogens with one attached hydrogen (secondary N) is 1. The molecule has 0 aliphatic rings. The topological polar surface area (TPSA) is 75.7 Å². The van der Waals surface area contributed by atoms with Crippen molar-refractivity contribution in [2.75, 3.05) is 23.7 Å². The van der Waals surface area contributed by atoms with Gasteiger partial charge in [0, 0.05) is 6.54 Å². The molecule has 0 aromatic heterocycles. The molecule has 7 heteroatoms. The average Bonchev–Trinajstić information content (AvgIpc) is 2.72. The fourth-order valence-corrected chi connectivity index (χ4v) is 4.51. The van der Waals surface area contributed by atoms with E-state index in [-0.39, 0.29) is 5.91 Å². The molecule has 1 amide bonds. The first kappa shape index (κ1) is 23.7. The van der Waals surface area contributed by atoms with Gasteiger partial charge in [0.25, 0.3) is 0 Å². The molecule has 30 heavy (non-hydrogen) atoms. The SMILES string of the molecule is CCOc1ccccc1CCCNC(=O)[C@H](C)N(c1ccc(CC)cc1)S(C)(=O)=O. The number of rotatable bonds is 11. The van der Waals surface area contributed by atoms with Gasteiger partial charge in [0.05, 0.1) is 18.6 Å². The van der Waals surface area contributed by atoms with Crippen molar-refractivity contribution < 1.29 is 17.9 Å². The van der Waals surface area contributed by atoms with Crippen LogP contribution in [0.4, 0.5) is 5.69 Å². The molecule has 0 saturated heterocycles. The van der Waals surface area contributed by atoms with Crippen LogP contribution in [0.25, 0.3) is 0 Å². The predicted octanol–water partition coefficient (Wildman–Crippen LogP) is 3.55. The number of ether oxygens (including phenoxy) is 1. The molecule has 0 saturated carbocycles. The van der Waals surface area contributed by atoms with Gasteiger partial charge in [-0.3, -0.25) is 9.10 Å². The van der Waals surface area contributed by atoms with Gasteiger partial charge in [0.2, 0.25) is 15.9 Å². The Morgan fingerprint density at radius 2 is 1.77 bits per heavy atom. The third-order valence-corrected chi connectivity index (χ3v) is 6.12. The van der Waals surface area contributed by atoms with E-state index in [1.807, 2.05) is 50.2 Å². The third-order valence-electron chi connectivity index (χ3n) is 4.88. The van der Waals surface area contributed by atoms with Crippen LogP contribution >= 0.6 is 0 Å². The molecule has 0 fully saturated rings. The van der Waals surface area contributed by atoms with Crippen molar-refractivity contribution in [2.24, 2.45) is 0 Å². The molecule has 2 aromatic carbocycles. The minimum atomic E-state index is -3.61. The maximum Gasteiger partial charge on any atom is 0.243 e. The molecule has 0 unspecified atom stereocenters. The van der Waals surface area contributed by atoms with Gasteiger partial charge in [-0.05, 0) is 62.4 Å². The largest absolute Gasteiger partial charge is 0.494 e. The highest BCUT2D eigenvalue weighted by Crippen LogP contribution is 2.22. The van der Waals surface area contributed by atoms with Crippen LogP contribution in [0.5, 0.6) is 5.75 Å². The van der Waals surface area contributed by atoms with Crippen molar-refractivity contribution in [3.63, 3.8) is 0 Å². The fourth-order valence-electron chi connectivity index (χ4n) is 3.33. The van der Waals surface area contributed by atoms with Gasteiger partial charge in [0.1, 0.15) is 11.8 Å². The Kier molecular flexibility index (Phi) is 8.72. The maximum absolute atomic E-state index is 12.7. The van der Waals surface area contributed by atoms with Crippen LogP contribution in [0.15, 0.2) is 48.5 Å². The van der Waals surface area contributed by atoms with Crippen LogP contribution in [0.3, 0.4) is 0 Å². The lowest BCUT2D eigenvalue weighted by Gasteiger charge is -2.28. The summed E-state index contributed by atoms with van der Waals surface area (Å²) < 4.78 is 31.6. The van der Waals surface area contributed by atoms with E-state index in [1.165, 1.54) is 4.31 Å². The highest BCUT2D eigenvalue weighted by Gasteiger charge is 2.28. The second-order valence-corrected chi connectivity index (χ2v) is 9.05. The van der Waals surface area contributed by atoms with Gasteiger partial charge in [-0.15, -0.1) is 0 Å². The quantitative estimate of drug-likeness (QED) is 0.551. The number of carbonyl (C=O) groups excluding carboxylic acids is 1. The molecule has 1 N–H and O–H groups in total. The number of hydrogen-bond acceptors (Lipinski definition) is 4. The average molecular weight is 433 g/mol. The summed E-state index contributed by atoms with van der Waals surface area (Å²) in [5.74, 6) is 0.538. The summed E-state index contributed by atoms with van der Waals surface area (Å²) in [6, 6.07) is 14.3. The van der Waals surface area contributed by atoms with E-state index in [4.69, 9.17) is 4.74 Å². The summed E-state index contributed by atoms with van der Waals surface area (Å²) >= 11 is 0. The van der Waals surface area contributed by atoms with Gasteiger partial charge in [-0.1, -0.05) is 37.3 Å². The number of benzene rings is 2. The number of hydrogen-bond donors (Lipinski definition) is 1.